The molecule has 156 valence electrons. The van der Waals surface area contributed by atoms with Crippen LogP contribution in [0.2, 0.25) is 0 Å². The number of aromatic nitrogens is 3. The van der Waals surface area contributed by atoms with Crippen LogP contribution in [-0.2, 0) is 9.59 Å². The van der Waals surface area contributed by atoms with Gasteiger partial charge in [0.25, 0.3) is 0 Å². The van der Waals surface area contributed by atoms with Gasteiger partial charge in [-0.05, 0) is 50.0 Å². The zero-order valence-electron chi connectivity index (χ0n) is 17.1. The number of carbonyl (C=O) groups is 2. The number of carbonyl (C=O) groups excluding carboxylic acids is 2. The molecular weight excluding hydrogens is 384 g/mol. The molecule has 1 atom stereocenters. The summed E-state index contributed by atoms with van der Waals surface area (Å²) in [4.78, 5) is 26.6. The van der Waals surface area contributed by atoms with E-state index in [1.54, 1.807) is 42.5 Å². The molecule has 0 aliphatic rings. The number of benzene rings is 2. The third-order valence-corrected chi connectivity index (χ3v) is 4.61. The average molecular weight is 408 g/mol. The summed E-state index contributed by atoms with van der Waals surface area (Å²) in [5.74, 6) is -0.679. The first-order valence-electron chi connectivity index (χ1n) is 9.32. The maximum atomic E-state index is 12.3. The Kier molecular flexibility index (Phi) is 6.76. The van der Waals surface area contributed by atoms with E-state index in [0.717, 1.165) is 17.0 Å². The van der Waals surface area contributed by atoms with E-state index in [4.69, 9.17) is 4.74 Å². The van der Waals surface area contributed by atoms with Gasteiger partial charge in [-0.3, -0.25) is 14.2 Å². The van der Waals surface area contributed by atoms with E-state index in [1.807, 2.05) is 49.3 Å². The van der Waals surface area contributed by atoms with Gasteiger partial charge in [-0.1, -0.05) is 18.2 Å². The largest absolute Gasteiger partial charge is 0.497 e. The van der Waals surface area contributed by atoms with Crippen molar-refractivity contribution in [3.63, 3.8) is 0 Å². The van der Waals surface area contributed by atoms with E-state index >= 15 is 0 Å². The van der Waals surface area contributed by atoms with Crippen molar-refractivity contribution in [1.29, 1.82) is 0 Å². The first-order valence-corrected chi connectivity index (χ1v) is 9.32. The lowest BCUT2D eigenvalue weighted by molar-refractivity contribution is -0.136. The van der Waals surface area contributed by atoms with Gasteiger partial charge in [-0.15, -0.1) is 10.2 Å². The number of nitrogens with one attached hydrogen (secondary N) is 2. The number of likely N-dealkylation sites (N-methyl/N-ethyl adjacent to an activating group) is 1. The number of ether oxygens (including phenoxy) is 1. The van der Waals surface area contributed by atoms with E-state index < -0.39 is 11.8 Å². The molecule has 1 heterocycles. The minimum absolute atomic E-state index is 0.0928. The Morgan fingerprint density at radius 1 is 1.07 bits per heavy atom. The predicted molar refractivity (Wildman–Crippen MR) is 112 cm³/mol. The summed E-state index contributed by atoms with van der Waals surface area (Å²) in [6, 6.07) is 14.6. The fraction of sp³-hybridized carbons (Fsp3) is 0.238. The van der Waals surface area contributed by atoms with Gasteiger partial charge in [0.2, 0.25) is 0 Å². The van der Waals surface area contributed by atoms with Crippen molar-refractivity contribution in [2.45, 2.75) is 6.04 Å². The van der Waals surface area contributed by atoms with Crippen molar-refractivity contribution in [2.24, 2.45) is 0 Å². The van der Waals surface area contributed by atoms with E-state index in [-0.39, 0.29) is 12.6 Å². The highest BCUT2D eigenvalue weighted by Crippen LogP contribution is 2.20. The van der Waals surface area contributed by atoms with Gasteiger partial charge < -0.3 is 20.3 Å². The second-order valence-electron chi connectivity index (χ2n) is 6.84. The van der Waals surface area contributed by atoms with Crippen LogP contribution in [0.1, 0.15) is 11.6 Å². The molecule has 3 rings (SSSR count). The molecule has 0 saturated carbocycles. The summed E-state index contributed by atoms with van der Waals surface area (Å²) in [6.07, 6.45) is 3.10. The SMILES string of the molecule is COc1ccc([C@H](CNC(=O)C(=O)Nc2cccc(-n3cnnc3)c2)N(C)C)cc1. The molecule has 3 aromatic rings. The first kappa shape index (κ1) is 21.0. The Morgan fingerprint density at radius 2 is 1.77 bits per heavy atom. The van der Waals surface area contributed by atoms with Gasteiger partial charge >= 0.3 is 11.8 Å². The van der Waals surface area contributed by atoms with Crippen molar-refractivity contribution in [3.05, 3.63) is 66.7 Å². The molecule has 0 bridgehead atoms. The molecule has 0 unspecified atom stereocenters. The summed E-state index contributed by atoms with van der Waals surface area (Å²) in [5.41, 5.74) is 2.27. The highest BCUT2D eigenvalue weighted by atomic mass is 16.5. The van der Waals surface area contributed by atoms with Crippen LogP contribution in [0.4, 0.5) is 5.69 Å². The minimum Gasteiger partial charge on any atom is -0.497 e. The molecule has 0 aliphatic heterocycles. The average Bonchev–Trinajstić information content (AvgIpc) is 3.29. The van der Waals surface area contributed by atoms with Gasteiger partial charge in [0.05, 0.1) is 18.8 Å². The Bertz CT molecular complexity index is 986. The highest BCUT2D eigenvalue weighted by molar-refractivity contribution is 6.39. The second-order valence-corrected chi connectivity index (χ2v) is 6.84. The summed E-state index contributed by atoms with van der Waals surface area (Å²) in [6.45, 7) is 0.284. The number of anilines is 1. The lowest BCUT2D eigenvalue weighted by atomic mass is 10.1. The molecule has 9 heteroatoms. The van der Waals surface area contributed by atoms with Gasteiger partial charge in [-0.25, -0.2) is 0 Å². The molecular formula is C21H24N6O3. The second kappa shape index (κ2) is 9.66. The number of hydrogen-bond donors (Lipinski definition) is 2. The normalized spacial score (nSPS) is 11.7. The number of rotatable bonds is 7. The van der Waals surface area contributed by atoms with Crippen LogP contribution in [0, 0.1) is 0 Å². The van der Waals surface area contributed by atoms with E-state index in [0.29, 0.717) is 5.69 Å². The first-order chi connectivity index (χ1) is 14.5. The Labute approximate surface area is 174 Å². The quantitative estimate of drug-likeness (QED) is 0.577. The van der Waals surface area contributed by atoms with E-state index in [9.17, 15) is 9.59 Å². The molecule has 0 fully saturated rings. The van der Waals surface area contributed by atoms with Crippen LogP contribution in [0.25, 0.3) is 5.69 Å². The van der Waals surface area contributed by atoms with E-state index in [2.05, 4.69) is 20.8 Å². The molecule has 0 spiro atoms. The Hall–Kier alpha value is -3.72. The molecule has 0 radical (unpaired) electrons. The van der Waals surface area contributed by atoms with Crippen LogP contribution in [-0.4, -0.2) is 59.2 Å². The van der Waals surface area contributed by atoms with Crippen LogP contribution in [0.15, 0.2) is 61.2 Å². The maximum Gasteiger partial charge on any atom is 0.313 e. The topological polar surface area (TPSA) is 101 Å². The zero-order valence-corrected chi connectivity index (χ0v) is 17.1. The van der Waals surface area contributed by atoms with Crippen molar-refractivity contribution in [1.82, 2.24) is 25.0 Å². The molecule has 2 amide bonds. The van der Waals surface area contributed by atoms with Crippen molar-refractivity contribution in [3.8, 4) is 11.4 Å². The lowest BCUT2D eigenvalue weighted by Crippen LogP contribution is -2.40. The molecule has 1 aromatic heterocycles. The summed E-state index contributed by atoms with van der Waals surface area (Å²) < 4.78 is 6.88. The minimum atomic E-state index is -0.733. The molecule has 0 aliphatic carbocycles. The molecule has 0 saturated heterocycles. The summed E-state index contributed by atoms with van der Waals surface area (Å²) >= 11 is 0. The number of methoxy groups -OCH3 is 1. The Balaban J connectivity index is 1.60. The number of hydrogen-bond acceptors (Lipinski definition) is 6. The number of nitrogens with zero attached hydrogens (tertiary/aromatic N) is 4. The molecule has 2 aromatic carbocycles. The third-order valence-electron chi connectivity index (χ3n) is 4.61. The smallest absolute Gasteiger partial charge is 0.313 e. The maximum absolute atomic E-state index is 12.3. The number of amides is 2. The monoisotopic (exact) mass is 408 g/mol. The van der Waals surface area contributed by atoms with Gasteiger partial charge in [0.15, 0.2) is 0 Å². The Morgan fingerprint density at radius 3 is 2.40 bits per heavy atom. The summed E-state index contributed by atoms with van der Waals surface area (Å²) in [5, 5.41) is 12.8. The van der Waals surface area contributed by atoms with E-state index in [1.165, 1.54) is 0 Å². The lowest BCUT2D eigenvalue weighted by Gasteiger charge is -2.25. The predicted octanol–water partition coefficient (Wildman–Crippen LogP) is 1.63. The van der Waals surface area contributed by atoms with Gasteiger partial charge in [0.1, 0.15) is 18.4 Å². The summed E-state index contributed by atoms with van der Waals surface area (Å²) in [7, 11) is 5.44. The molecule has 30 heavy (non-hydrogen) atoms. The van der Waals surface area contributed by atoms with Crippen molar-refractivity contribution in [2.75, 3.05) is 33.1 Å². The fourth-order valence-corrected chi connectivity index (χ4v) is 2.96. The highest BCUT2D eigenvalue weighted by Gasteiger charge is 2.19. The van der Waals surface area contributed by atoms with Crippen LogP contribution >= 0.6 is 0 Å². The van der Waals surface area contributed by atoms with Crippen LogP contribution in [0.3, 0.4) is 0 Å². The fourth-order valence-electron chi connectivity index (χ4n) is 2.96. The standard InChI is InChI=1S/C21H24N6O3/c1-26(2)19(15-7-9-18(30-3)10-8-15)12-22-20(28)21(29)25-16-5-4-6-17(11-16)27-13-23-24-14-27/h4-11,13-14,19H,12H2,1-3H3,(H,22,28)(H,25,29)/t19-/m0/s1. The van der Waals surface area contributed by atoms with Crippen molar-refractivity contribution < 1.29 is 14.3 Å². The van der Waals surface area contributed by atoms with Crippen molar-refractivity contribution >= 4 is 17.5 Å². The van der Waals surface area contributed by atoms with Crippen LogP contribution < -0.4 is 15.4 Å². The third kappa shape index (κ3) is 5.21. The zero-order chi connectivity index (χ0) is 21.5. The van der Waals surface area contributed by atoms with Gasteiger partial charge in [0, 0.05) is 12.2 Å². The van der Waals surface area contributed by atoms with Gasteiger partial charge in [-0.2, -0.15) is 0 Å². The molecule has 9 nitrogen and oxygen atoms in total. The van der Waals surface area contributed by atoms with Crippen LogP contribution in [0.5, 0.6) is 5.75 Å². The molecule has 2 N–H and O–H groups in total.